The number of likely N-dealkylation sites (tertiary alicyclic amines) is 5. The number of aryl methyl sites for hydroxylation is 3. The van der Waals surface area contributed by atoms with Gasteiger partial charge in [-0.15, -0.1) is 0 Å². The molecule has 6 amide bonds. The molecule has 7 fully saturated rings. The first kappa shape index (κ1) is 87.2. The van der Waals surface area contributed by atoms with E-state index in [-0.39, 0.29) is 41.9 Å². The maximum Gasteiger partial charge on any atom is 0.255 e. The summed E-state index contributed by atoms with van der Waals surface area (Å²) in [5.74, 6) is 2.94. The highest BCUT2D eigenvalue weighted by Gasteiger charge is 2.49. The number of halogens is 4. The molecule has 12 heterocycles. The molecule has 28 heteroatoms. The summed E-state index contributed by atoms with van der Waals surface area (Å²) in [7, 11) is 1.89. The van der Waals surface area contributed by atoms with Gasteiger partial charge < -0.3 is 30.2 Å². The molecule has 1 spiro atoms. The maximum absolute atomic E-state index is 13.0. The average Bonchev–Trinajstić information content (AvgIpc) is 1.73. The first-order valence-electron chi connectivity index (χ1n) is 44.8. The van der Waals surface area contributed by atoms with E-state index >= 15 is 0 Å². The van der Waals surface area contributed by atoms with Crippen molar-refractivity contribution in [2.75, 3.05) is 65.4 Å². The molecule has 2 aliphatic carbocycles. The number of nitrogens with two attached hydrogens (primary N) is 1. The zero-order valence-corrected chi connectivity index (χ0v) is 75.6. The van der Waals surface area contributed by atoms with Crippen molar-refractivity contribution in [2.45, 2.75) is 117 Å². The molecule has 24 nitrogen and oxygen atoms in total. The Morgan fingerprint density at radius 1 is 0.442 bits per heavy atom. The molecule has 2 bridgehead atoms. The van der Waals surface area contributed by atoms with Gasteiger partial charge in [-0.2, -0.15) is 5.10 Å². The average molecular weight is 1810 g/mol. The number of pyridine rings is 1. The fraction of sp³-hybridized carbons (Fsp3) is 0.327. The number of carbonyl (C=O) groups excluding carboxylic acids is 6. The van der Waals surface area contributed by atoms with E-state index in [1.54, 1.807) is 36.1 Å². The number of fused-ring (bicyclic) bond motifs is 7. The van der Waals surface area contributed by atoms with Gasteiger partial charge in [0.05, 0.1) is 61.6 Å². The Balaban J connectivity index is 0.000000109. The summed E-state index contributed by atoms with van der Waals surface area (Å²) < 4.78 is 11.7. The van der Waals surface area contributed by atoms with Gasteiger partial charge in [-0.05, 0) is 265 Å². The second-order valence-electron chi connectivity index (χ2n) is 35.5. The van der Waals surface area contributed by atoms with Gasteiger partial charge in [-0.25, -0.2) is 24.9 Å². The minimum absolute atomic E-state index is 0.0441. The van der Waals surface area contributed by atoms with E-state index in [1.807, 2.05) is 250 Å². The van der Waals surface area contributed by atoms with Gasteiger partial charge in [0, 0.05) is 180 Å². The van der Waals surface area contributed by atoms with Gasteiger partial charge in [0.15, 0.2) is 0 Å². The van der Waals surface area contributed by atoms with Crippen molar-refractivity contribution >= 4 is 137 Å². The second-order valence-corrected chi connectivity index (χ2v) is 37.2. The fourth-order valence-electron chi connectivity index (χ4n) is 19.1. The van der Waals surface area contributed by atoms with Gasteiger partial charge in [0.1, 0.15) is 30.5 Å². The number of nitrogens with zero attached hydrogens (tertiary/aromatic N) is 17. The number of amides is 6. The van der Waals surface area contributed by atoms with Crippen molar-refractivity contribution in [1.82, 2.24) is 82.0 Å². The van der Waals surface area contributed by atoms with Crippen LogP contribution in [0.4, 0.5) is 0 Å². The number of carbonyl (C=O) groups is 6. The van der Waals surface area contributed by atoms with Crippen LogP contribution in [0.25, 0.3) is 83.6 Å². The van der Waals surface area contributed by atoms with Crippen molar-refractivity contribution in [3.8, 4) is 28.4 Å². The van der Waals surface area contributed by atoms with E-state index in [0.717, 1.165) is 204 Å². The van der Waals surface area contributed by atoms with Gasteiger partial charge in [-0.1, -0.05) is 84.0 Å². The molecule has 5 saturated heterocycles. The van der Waals surface area contributed by atoms with E-state index in [1.165, 1.54) is 51.4 Å². The number of rotatable bonds is 13. The van der Waals surface area contributed by atoms with E-state index < -0.39 is 0 Å². The quantitative estimate of drug-likeness (QED) is 0.113. The molecule has 7 aliphatic rings. The van der Waals surface area contributed by atoms with Crippen LogP contribution in [0.3, 0.4) is 0 Å². The second kappa shape index (κ2) is 38.1. The summed E-state index contributed by atoms with van der Waals surface area (Å²) in [4.78, 5) is 108. The van der Waals surface area contributed by atoms with Crippen LogP contribution in [0.1, 0.15) is 166 Å². The molecular weight excluding hydrogens is 1700 g/mol. The van der Waals surface area contributed by atoms with Gasteiger partial charge in [-0.3, -0.25) is 56.3 Å². The first-order valence-corrected chi connectivity index (χ1v) is 46.3. The normalized spacial score (nSPS) is 17.1. The predicted octanol–water partition coefficient (Wildman–Crippen LogP) is 19.8. The van der Waals surface area contributed by atoms with E-state index in [4.69, 9.17) is 57.1 Å². The Bertz CT molecular complexity index is 6720. The van der Waals surface area contributed by atoms with Crippen LogP contribution in [0.2, 0.25) is 20.1 Å². The third-order valence-corrected chi connectivity index (χ3v) is 27.5. The Kier molecular flexibility index (Phi) is 25.7. The Hall–Kier alpha value is -12.5. The van der Waals surface area contributed by atoms with Crippen LogP contribution in [0, 0.1) is 30.1 Å². The topological polar surface area (TPSA) is 252 Å². The van der Waals surface area contributed by atoms with Crippen LogP contribution in [-0.2, 0) is 18.3 Å². The number of primary amides is 1. The van der Waals surface area contributed by atoms with E-state index in [9.17, 15) is 28.8 Å². The zero-order valence-electron chi connectivity index (χ0n) is 72.5. The SMILES string of the molecule is CC1CCN(C(=O)c2cnc3c(ccn3-c3cnn(C)c3)c2)CC1.Cc1ccc(-n2cnc3cc(C(=O)N4CCCCC4)ccc32)cc1Cl.NC(=O)CCc1nc2cc(C(=O)N3CCCCC3)ccc2n1-c1cccc(Cl)c1.O=C(c1ccc2c(c1)ncn2-c1cccc(Cl)c1)N1CC2(CCC2)C1.O=C(c1ccc2c(c1)ncn2-c1cccc(Cl)c1)N1CC2CCC(C2)C1. The van der Waals surface area contributed by atoms with Crippen LogP contribution in [0.15, 0.2) is 220 Å². The number of aromatic nitrogens is 12. The standard InChI is InChI=1S/C22H23ClN4O2.C21H20ClN3O.C20H18ClN3O.C20H20ClN3O.C18H21N5O/c23-16-5-4-6-17(14-16)27-19-8-7-15(22(29)26-11-2-1-3-12-26)13-18(19)25-21(27)10-9-20(24)28;22-17-2-1-3-18(10-17)25-13-23-19-9-16(6-7-20(19)25)21(26)24-11-14-4-5-15(8-14)12-24;21-15-3-1-4-16(10-15)24-13-22-17-9-14(5-6-18(17)24)19(25)23-11-20(12-23)7-2-8-20;1-14-5-7-16(12-17(14)21)24-13-22-18-11-15(6-8-19(18)24)20(25)23-9-3-2-4-10-23;1-13-3-6-22(7-4-13)18(24)15-9-14-5-8-23(17(14)19-10-15)16-11-20-21(2)12-16/h4-8,13-14H,1-3,9-12H2,(H2,24,28);1-3,6-7,9-10,13-15H,4-5,8,11-12H2;1,3-6,9-10,13H,2,7-8,11-12H2;5-8,11-13H,2-4,9-10H2,1H3;5,8-13H,3-4,6-7H2,1-2H3. The summed E-state index contributed by atoms with van der Waals surface area (Å²) in [6.45, 7) is 12.9. The fourth-order valence-corrected chi connectivity index (χ4v) is 19.8. The van der Waals surface area contributed by atoms with Gasteiger partial charge >= 0.3 is 0 Å². The summed E-state index contributed by atoms with van der Waals surface area (Å²) in [6, 6.07) is 55.6. The van der Waals surface area contributed by atoms with Crippen LogP contribution >= 0.6 is 46.4 Å². The minimum Gasteiger partial charge on any atom is -0.370 e. The molecule has 660 valence electrons. The molecule has 5 aliphatic heterocycles. The predicted molar refractivity (Wildman–Crippen MR) is 507 cm³/mol. The Labute approximate surface area is 768 Å². The maximum atomic E-state index is 13.0. The lowest BCUT2D eigenvalue weighted by atomic mass is 9.63. The summed E-state index contributed by atoms with van der Waals surface area (Å²) >= 11 is 24.6. The van der Waals surface area contributed by atoms with Crippen molar-refractivity contribution in [2.24, 2.45) is 36.0 Å². The molecule has 2 unspecified atom stereocenters. The van der Waals surface area contributed by atoms with Crippen molar-refractivity contribution in [3.05, 3.63) is 279 Å². The third kappa shape index (κ3) is 19.2. The lowest BCUT2D eigenvalue weighted by molar-refractivity contribution is -0.118. The highest BCUT2D eigenvalue weighted by molar-refractivity contribution is 6.32. The molecule has 129 heavy (non-hydrogen) atoms. The van der Waals surface area contributed by atoms with Crippen molar-refractivity contribution in [3.63, 3.8) is 0 Å². The number of hydrogen-bond acceptors (Lipinski definition) is 12. The number of imidazole rings is 4. The zero-order chi connectivity index (χ0) is 89.1. The van der Waals surface area contributed by atoms with Gasteiger partial charge in [0.25, 0.3) is 29.5 Å². The lowest BCUT2D eigenvalue weighted by Crippen LogP contribution is -2.61. The summed E-state index contributed by atoms with van der Waals surface area (Å²) in [6.07, 6.45) is 29.9. The smallest absolute Gasteiger partial charge is 0.255 e. The molecule has 8 aromatic carbocycles. The number of hydrogen-bond donors (Lipinski definition) is 1. The van der Waals surface area contributed by atoms with Crippen LogP contribution in [-0.4, -0.2) is 183 Å². The third-order valence-electron chi connectivity index (χ3n) is 26.4. The van der Waals surface area contributed by atoms with E-state index in [0.29, 0.717) is 72.7 Å². The number of piperidine rings is 4. The Morgan fingerprint density at radius 2 is 0.915 bits per heavy atom. The molecule has 0 radical (unpaired) electrons. The van der Waals surface area contributed by atoms with Crippen LogP contribution < -0.4 is 5.73 Å². The van der Waals surface area contributed by atoms with Crippen molar-refractivity contribution < 1.29 is 28.8 Å². The Morgan fingerprint density at radius 3 is 1.40 bits per heavy atom. The first-order chi connectivity index (χ1) is 62.6. The highest BCUT2D eigenvalue weighted by Crippen LogP contribution is 2.49. The van der Waals surface area contributed by atoms with E-state index in [2.05, 4.69) is 32.0 Å². The molecule has 2 saturated carbocycles. The number of benzene rings is 8. The molecule has 7 aromatic heterocycles. The summed E-state index contributed by atoms with van der Waals surface area (Å²) in [5, 5.41) is 7.89. The largest absolute Gasteiger partial charge is 0.370 e. The molecule has 15 aromatic rings. The van der Waals surface area contributed by atoms with Gasteiger partial charge in [0.2, 0.25) is 5.91 Å². The highest BCUT2D eigenvalue weighted by atomic mass is 35.5. The van der Waals surface area contributed by atoms with Crippen LogP contribution in [0.5, 0.6) is 0 Å². The monoisotopic (exact) mass is 1800 g/mol. The van der Waals surface area contributed by atoms with Crippen molar-refractivity contribution in [1.29, 1.82) is 0 Å². The lowest BCUT2D eigenvalue weighted by Gasteiger charge is -2.55. The molecular formula is C101H102Cl4N18O6. The summed E-state index contributed by atoms with van der Waals surface area (Å²) in [5.41, 5.74) is 22.8. The molecule has 2 N–H and O–H groups in total. The minimum atomic E-state index is -0.379. The molecule has 2 atom stereocenters. The molecule has 22 rings (SSSR count).